The number of ether oxygens (including phenoxy) is 1. The lowest BCUT2D eigenvalue weighted by atomic mass is 10.1. The van der Waals surface area contributed by atoms with E-state index in [1.807, 2.05) is 17.0 Å². The predicted molar refractivity (Wildman–Crippen MR) is 105 cm³/mol. The maximum atomic E-state index is 12.6. The molecule has 0 bridgehead atoms. The number of carbonyl (C=O) groups excluding carboxylic acids is 2. The fourth-order valence-corrected chi connectivity index (χ4v) is 3.98. The number of amides is 1. The first-order valence-electron chi connectivity index (χ1n) is 10.3. The minimum Gasteiger partial charge on any atom is -0.465 e. The third-order valence-electron chi connectivity index (χ3n) is 5.74. The van der Waals surface area contributed by atoms with Gasteiger partial charge in [0.1, 0.15) is 0 Å². The van der Waals surface area contributed by atoms with Crippen LogP contribution in [-0.2, 0) is 16.1 Å². The van der Waals surface area contributed by atoms with Crippen LogP contribution < -0.4 is 0 Å². The molecule has 5 nitrogen and oxygen atoms in total. The van der Waals surface area contributed by atoms with E-state index in [1.54, 1.807) is 12.1 Å². The van der Waals surface area contributed by atoms with E-state index in [2.05, 4.69) is 11.8 Å². The Hall–Kier alpha value is -1.88. The van der Waals surface area contributed by atoms with Crippen LogP contribution in [-0.4, -0.2) is 54.5 Å². The normalized spacial score (nSPS) is 20.6. The van der Waals surface area contributed by atoms with Crippen molar-refractivity contribution in [2.24, 2.45) is 5.92 Å². The minimum atomic E-state index is -0.332. The van der Waals surface area contributed by atoms with Crippen molar-refractivity contribution in [3.05, 3.63) is 35.4 Å². The van der Waals surface area contributed by atoms with Gasteiger partial charge in [0, 0.05) is 32.1 Å². The van der Waals surface area contributed by atoms with Gasteiger partial charge in [0.15, 0.2) is 0 Å². The Kier molecular flexibility index (Phi) is 6.89. The highest BCUT2D eigenvalue weighted by Gasteiger charge is 2.30. The summed E-state index contributed by atoms with van der Waals surface area (Å²) in [7, 11) is 1.38. The van der Waals surface area contributed by atoms with E-state index in [-0.39, 0.29) is 11.9 Å². The van der Waals surface area contributed by atoms with Crippen molar-refractivity contribution < 1.29 is 14.3 Å². The molecule has 5 heteroatoms. The Morgan fingerprint density at radius 2 is 1.93 bits per heavy atom. The lowest BCUT2D eigenvalue weighted by Gasteiger charge is -2.31. The predicted octanol–water partition coefficient (Wildman–Crippen LogP) is 3.48. The summed E-state index contributed by atoms with van der Waals surface area (Å²) in [6.45, 7) is 6.02. The highest BCUT2D eigenvalue weighted by Crippen LogP contribution is 2.31. The average molecular weight is 373 g/mol. The lowest BCUT2D eigenvalue weighted by Crippen LogP contribution is -2.38. The number of hydrogen-bond donors (Lipinski definition) is 0. The number of likely N-dealkylation sites (tertiary alicyclic amines) is 1. The van der Waals surface area contributed by atoms with Gasteiger partial charge in [-0.05, 0) is 62.3 Å². The fraction of sp³-hybridized carbons (Fsp3) is 0.636. The van der Waals surface area contributed by atoms with Crippen molar-refractivity contribution in [2.45, 2.75) is 58.0 Å². The number of nitrogens with zero attached hydrogens (tertiary/aromatic N) is 2. The Labute approximate surface area is 162 Å². The molecule has 1 aliphatic heterocycles. The molecule has 1 saturated carbocycles. The maximum absolute atomic E-state index is 12.6. The molecule has 1 aromatic carbocycles. The maximum Gasteiger partial charge on any atom is 0.337 e. The monoisotopic (exact) mass is 372 g/mol. The Morgan fingerprint density at radius 1 is 1.19 bits per heavy atom. The van der Waals surface area contributed by atoms with Crippen LogP contribution in [0.3, 0.4) is 0 Å². The van der Waals surface area contributed by atoms with Gasteiger partial charge in [-0.25, -0.2) is 4.79 Å². The smallest absolute Gasteiger partial charge is 0.337 e. The largest absolute Gasteiger partial charge is 0.465 e. The minimum absolute atomic E-state index is 0.248. The molecule has 0 aromatic heterocycles. The Bertz CT molecular complexity index is 639. The van der Waals surface area contributed by atoms with Crippen molar-refractivity contribution >= 4 is 11.9 Å². The van der Waals surface area contributed by atoms with Crippen molar-refractivity contribution in [3.63, 3.8) is 0 Å². The van der Waals surface area contributed by atoms with Gasteiger partial charge in [-0.1, -0.05) is 19.1 Å². The van der Waals surface area contributed by atoms with Crippen LogP contribution >= 0.6 is 0 Å². The number of carbonyl (C=O) groups is 2. The number of benzene rings is 1. The summed E-state index contributed by atoms with van der Waals surface area (Å²) in [4.78, 5) is 28.8. The Morgan fingerprint density at radius 3 is 2.56 bits per heavy atom. The van der Waals surface area contributed by atoms with E-state index in [4.69, 9.17) is 4.74 Å². The van der Waals surface area contributed by atoms with E-state index >= 15 is 0 Å². The summed E-state index contributed by atoms with van der Waals surface area (Å²) in [6.07, 6.45) is 6.59. The van der Waals surface area contributed by atoms with Gasteiger partial charge in [0.05, 0.1) is 12.7 Å². The van der Waals surface area contributed by atoms with Gasteiger partial charge < -0.3 is 14.5 Å². The second-order valence-corrected chi connectivity index (χ2v) is 7.92. The molecule has 0 spiro atoms. The fourth-order valence-electron chi connectivity index (χ4n) is 3.98. The standard InChI is InChI=1S/C22H32N2O3/c1-3-13-23(15-17-4-5-17)20-10-11-21(25)24(14-12-20)16-18-6-8-19(9-7-18)22(26)27-2/h6-9,17,20H,3-5,10-16H2,1-2H3/t20-/m0/s1. The lowest BCUT2D eigenvalue weighted by molar-refractivity contribution is -0.131. The van der Waals surface area contributed by atoms with Crippen LogP contribution in [0.25, 0.3) is 0 Å². The molecular formula is C22H32N2O3. The SMILES string of the molecule is CCCN(CC1CC1)[C@H]1CCC(=O)N(Cc2ccc(C(=O)OC)cc2)CC1. The van der Waals surface area contributed by atoms with Crippen LogP contribution in [0.1, 0.15) is 61.4 Å². The molecule has 2 fully saturated rings. The number of methoxy groups -OCH3 is 1. The van der Waals surface area contributed by atoms with Gasteiger partial charge in [-0.2, -0.15) is 0 Å². The molecule has 1 atom stereocenters. The van der Waals surface area contributed by atoms with Gasteiger partial charge in [-0.3, -0.25) is 4.79 Å². The van der Waals surface area contributed by atoms with Crippen LogP contribution in [0.5, 0.6) is 0 Å². The topological polar surface area (TPSA) is 49.9 Å². The van der Waals surface area contributed by atoms with E-state index in [0.29, 0.717) is 24.6 Å². The molecule has 1 aromatic rings. The quantitative estimate of drug-likeness (QED) is 0.656. The van der Waals surface area contributed by atoms with Crippen LogP contribution in [0.15, 0.2) is 24.3 Å². The third kappa shape index (κ3) is 5.55. The van der Waals surface area contributed by atoms with Crippen molar-refractivity contribution in [1.82, 2.24) is 9.80 Å². The molecule has 0 radical (unpaired) electrons. The van der Waals surface area contributed by atoms with E-state index in [0.717, 1.165) is 37.4 Å². The van der Waals surface area contributed by atoms with Crippen molar-refractivity contribution in [3.8, 4) is 0 Å². The van der Waals surface area contributed by atoms with Crippen LogP contribution in [0.2, 0.25) is 0 Å². The van der Waals surface area contributed by atoms with Gasteiger partial charge in [-0.15, -0.1) is 0 Å². The molecule has 1 amide bonds. The first-order chi connectivity index (χ1) is 13.1. The first-order valence-corrected chi connectivity index (χ1v) is 10.3. The molecule has 1 saturated heterocycles. The third-order valence-corrected chi connectivity index (χ3v) is 5.74. The van der Waals surface area contributed by atoms with E-state index in [1.165, 1.54) is 32.9 Å². The van der Waals surface area contributed by atoms with Gasteiger partial charge in [0.2, 0.25) is 5.91 Å². The number of esters is 1. The zero-order valence-corrected chi connectivity index (χ0v) is 16.7. The summed E-state index contributed by atoms with van der Waals surface area (Å²) in [5.74, 6) is 0.805. The molecule has 3 rings (SSSR count). The molecule has 0 N–H and O–H groups in total. The van der Waals surface area contributed by atoms with E-state index in [9.17, 15) is 9.59 Å². The zero-order valence-electron chi connectivity index (χ0n) is 16.7. The molecule has 27 heavy (non-hydrogen) atoms. The summed E-state index contributed by atoms with van der Waals surface area (Å²) < 4.78 is 4.74. The summed E-state index contributed by atoms with van der Waals surface area (Å²) in [6, 6.07) is 7.90. The molecule has 148 valence electrons. The van der Waals surface area contributed by atoms with Crippen molar-refractivity contribution in [2.75, 3.05) is 26.7 Å². The molecule has 2 aliphatic rings. The number of hydrogen-bond acceptors (Lipinski definition) is 4. The summed E-state index contributed by atoms with van der Waals surface area (Å²) in [5, 5.41) is 0. The first kappa shape index (κ1) is 19.9. The van der Waals surface area contributed by atoms with Crippen LogP contribution in [0, 0.1) is 5.92 Å². The van der Waals surface area contributed by atoms with Crippen molar-refractivity contribution in [1.29, 1.82) is 0 Å². The second-order valence-electron chi connectivity index (χ2n) is 7.92. The zero-order chi connectivity index (χ0) is 19.2. The molecule has 1 heterocycles. The number of rotatable bonds is 8. The van der Waals surface area contributed by atoms with Gasteiger partial charge in [0.25, 0.3) is 0 Å². The Balaban J connectivity index is 1.58. The highest BCUT2D eigenvalue weighted by atomic mass is 16.5. The molecule has 0 unspecified atom stereocenters. The summed E-state index contributed by atoms with van der Waals surface area (Å²) >= 11 is 0. The van der Waals surface area contributed by atoms with Crippen LogP contribution in [0.4, 0.5) is 0 Å². The average Bonchev–Trinajstić information content (AvgIpc) is 3.51. The van der Waals surface area contributed by atoms with E-state index < -0.39 is 0 Å². The second kappa shape index (κ2) is 9.36. The summed E-state index contributed by atoms with van der Waals surface area (Å²) in [5.41, 5.74) is 1.59. The molecule has 1 aliphatic carbocycles. The van der Waals surface area contributed by atoms with Gasteiger partial charge >= 0.3 is 5.97 Å². The highest BCUT2D eigenvalue weighted by molar-refractivity contribution is 5.89. The molecular weight excluding hydrogens is 340 g/mol.